The van der Waals surface area contributed by atoms with Gasteiger partial charge in [0.1, 0.15) is 0 Å². The number of thioether (sulfide) groups is 1. The molecule has 0 atom stereocenters. The molecular formula is C24H24N2O2S. The monoisotopic (exact) mass is 404 g/mol. The van der Waals surface area contributed by atoms with Gasteiger partial charge in [-0.3, -0.25) is 9.59 Å². The second-order valence-corrected chi connectivity index (χ2v) is 7.59. The molecule has 0 spiro atoms. The molecule has 2 amide bonds. The predicted molar refractivity (Wildman–Crippen MR) is 120 cm³/mol. The number of anilines is 2. The van der Waals surface area contributed by atoms with Crippen molar-refractivity contribution in [3.8, 4) is 0 Å². The molecule has 0 saturated carbocycles. The predicted octanol–water partition coefficient (Wildman–Crippen LogP) is 5.97. The molecule has 29 heavy (non-hydrogen) atoms. The van der Waals surface area contributed by atoms with Crippen molar-refractivity contribution in [2.24, 2.45) is 0 Å². The molecule has 148 valence electrons. The summed E-state index contributed by atoms with van der Waals surface area (Å²) >= 11 is 1.63. The lowest BCUT2D eigenvalue weighted by molar-refractivity contribution is -0.116. The number of nitrogens with one attached hydrogen (secondary N) is 2. The Morgan fingerprint density at radius 1 is 0.793 bits per heavy atom. The number of amides is 2. The van der Waals surface area contributed by atoms with Crippen LogP contribution in [0.3, 0.4) is 0 Å². The molecule has 0 aliphatic carbocycles. The summed E-state index contributed by atoms with van der Waals surface area (Å²) in [7, 11) is 0. The van der Waals surface area contributed by atoms with Crippen LogP contribution in [-0.4, -0.2) is 11.8 Å². The lowest BCUT2D eigenvalue weighted by Crippen LogP contribution is -2.17. The van der Waals surface area contributed by atoms with Gasteiger partial charge in [-0.25, -0.2) is 0 Å². The maximum absolute atomic E-state index is 13.0. The van der Waals surface area contributed by atoms with Crippen LogP contribution in [0.4, 0.5) is 11.4 Å². The molecule has 0 bridgehead atoms. The quantitative estimate of drug-likeness (QED) is 0.455. The molecule has 3 aromatic carbocycles. The van der Waals surface area contributed by atoms with Gasteiger partial charge in [0.05, 0.1) is 16.9 Å². The fourth-order valence-corrected chi connectivity index (χ4v) is 3.85. The second-order valence-electron chi connectivity index (χ2n) is 6.57. The zero-order valence-corrected chi connectivity index (χ0v) is 17.2. The second kappa shape index (κ2) is 10.5. The molecule has 3 rings (SSSR count). The Balaban J connectivity index is 1.74. The first-order chi connectivity index (χ1) is 14.2. The van der Waals surface area contributed by atoms with Crippen LogP contribution in [0.2, 0.25) is 0 Å². The third kappa shape index (κ3) is 5.96. The Hall–Kier alpha value is -3.05. The number of rotatable bonds is 8. The van der Waals surface area contributed by atoms with E-state index in [1.54, 1.807) is 23.9 Å². The Morgan fingerprint density at radius 2 is 1.41 bits per heavy atom. The molecule has 0 radical (unpaired) electrons. The Labute approximate surface area is 175 Å². The summed E-state index contributed by atoms with van der Waals surface area (Å²) in [4.78, 5) is 25.9. The van der Waals surface area contributed by atoms with E-state index in [0.717, 1.165) is 17.1 Å². The summed E-state index contributed by atoms with van der Waals surface area (Å²) in [6.45, 7) is 1.96. The highest BCUT2D eigenvalue weighted by Gasteiger charge is 2.14. The molecule has 0 aliphatic rings. The first kappa shape index (κ1) is 20.7. The average molecular weight is 405 g/mol. The summed E-state index contributed by atoms with van der Waals surface area (Å²) < 4.78 is 0. The SMILES string of the molecule is CCCC(=O)Nc1ccccc1NC(=O)c1ccccc1SCc1ccccc1. The Bertz CT molecular complexity index is 973. The van der Waals surface area contributed by atoms with Crippen molar-refractivity contribution in [2.75, 3.05) is 10.6 Å². The van der Waals surface area contributed by atoms with Crippen LogP contribution in [0, 0.1) is 0 Å². The minimum Gasteiger partial charge on any atom is -0.324 e. The van der Waals surface area contributed by atoms with Gasteiger partial charge in [0.15, 0.2) is 0 Å². The summed E-state index contributed by atoms with van der Waals surface area (Å²) in [5.41, 5.74) is 3.01. The molecule has 0 heterocycles. The van der Waals surface area contributed by atoms with Crippen LogP contribution in [0.5, 0.6) is 0 Å². The van der Waals surface area contributed by atoms with Gasteiger partial charge in [-0.05, 0) is 36.2 Å². The highest BCUT2D eigenvalue weighted by Crippen LogP contribution is 2.28. The van der Waals surface area contributed by atoms with E-state index in [2.05, 4.69) is 22.8 Å². The molecule has 0 unspecified atom stereocenters. The van der Waals surface area contributed by atoms with Gasteiger partial charge >= 0.3 is 0 Å². The number of carbonyl (C=O) groups is 2. The highest BCUT2D eigenvalue weighted by molar-refractivity contribution is 7.98. The van der Waals surface area contributed by atoms with Crippen LogP contribution in [0.25, 0.3) is 0 Å². The van der Waals surface area contributed by atoms with E-state index in [1.165, 1.54) is 5.56 Å². The molecule has 0 aliphatic heterocycles. The number of benzene rings is 3. The normalized spacial score (nSPS) is 10.4. The zero-order valence-electron chi connectivity index (χ0n) is 16.4. The molecule has 4 nitrogen and oxygen atoms in total. The van der Waals surface area contributed by atoms with Gasteiger partial charge in [0.25, 0.3) is 5.91 Å². The third-order valence-corrected chi connectivity index (χ3v) is 5.44. The van der Waals surface area contributed by atoms with Gasteiger partial charge < -0.3 is 10.6 Å². The lowest BCUT2D eigenvalue weighted by atomic mass is 10.2. The van der Waals surface area contributed by atoms with E-state index in [1.807, 2.05) is 61.5 Å². The number of hydrogen-bond donors (Lipinski definition) is 2. The molecule has 3 aromatic rings. The maximum atomic E-state index is 13.0. The smallest absolute Gasteiger partial charge is 0.256 e. The first-order valence-electron chi connectivity index (χ1n) is 9.63. The molecule has 0 fully saturated rings. The van der Waals surface area contributed by atoms with Crippen LogP contribution in [-0.2, 0) is 10.5 Å². The van der Waals surface area contributed by atoms with Crippen molar-refractivity contribution < 1.29 is 9.59 Å². The average Bonchev–Trinajstić information content (AvgIpc) is 2.75. The Morgan fingerprint density at radius 3 is 2.14 bits per heavy atom. The molecule has 0 aromatic heterocycles. The van der Waals surface area contributed by atoms with Crippen LogP contribution in [0.1, 0.15) is 35.7 Å². The lowest BCUT2D eigenvalue weighted by Gasteiger charge is -2.14. The standard InChI is InChI=1S/C24H24N2O2S/c1-2-10-23(27)25-20-14-7-8-15-21(20)26-24(28)19-13-6-9-16-22(19)29-17-18-11-4-3-5-12-18/h3-9,11-16H,2,10,17H2,1H3,(H,25,27)(H,26,28). The first-order valence-corrected chi connectivity index (χ1v) is 10.6. The van der Waals surface area contributed by atoms with Crippen LogP contribution >= 0.6 is 11.8 Å². The van der Waals surface area contributed by atoms with Gasteiger partial charge in [0, 0.05) is 17.1 Å². The largest absolute Gasteiger partial charge is 0.324 e. The van der Waals surface area contributed by atoms with Crippen LogP contribution < -0.4 is 10.6 Å². The van der Waals surface area contributed by atoms with Gasteiger partial charge in [0.2, 0.25) is 5.91 Å². The molecule has 0 saturated heterocycles. The van der Waals surface area contributed by atoms with Crippen molar-refractivity contribution >= 4 is 35.0 Å². The van der Waals surface area contributed by atoms with E-state index >= 15 is 0 Å². The molecule has 5 heteroatoms. The minimum atomic E-state index is -0.196. The summed E-state index contributed by atoms with van der Waals surface area (Å²) in [6, 6.07) is 25.0. The van der Waals surface area contributed by atoms with Crippen LogP contribution in [0.15, 0.2) is 83.8 Å². The fourth-order valence-electron chi connectivity index (χ4n) is 2.85. The van der Waals surface area contributed by atoms with E-state index in [0.29, 0.717) is 23.4 Å². The molecule has 2 N–H and O–H groups in total. The highest BCUT2D eigenvalue weighted by atomic mass is 32.2. The third-order valence-electron chi connectivity index (χ3n) is 4.30. The van der Waals surface area contributed by atoms with Gasteiger partial charge in [-0.2, -0.15) is 0 Å². The number of carbonyl (C=O) groups excluding carboxylic acids is 2. The summed E-state index contributed by atoms with van der Waals surface area (Å²) in [5.74, 6) is 0.529. The van der Waals surface area contributed by atoms with E-state index in [-0.39, 0.29) is 11.8 Å². The van der Waals surface area contributed by atoms with Crippen molar-refractivity contribution in [3.63, 3.8) is 0 Å². The maximum Gasteiger partial charge on any atom is 0.256 e. The van der Waals surface area contributed by atoms with Crippen molar-refractivity contribution in [3.05, 3.63) is 90.0 Å². The Kier molecular flexibility index (Phi) is 7.47. The van der Waals surface area contributed by atoms with Crippen molar-refractivity contribution in [1.82, 2.24) is 0 Å². The van der Waals surface area contributed by atoms with Crippen molar-refractivity contribution in [1.29, 1.82) is 0 Å². The topological polar surface area (TPSA) is 58.2 Å². The number of hydrogen-bond acceptors (Lipinski definition) is 3. The zero-order chi connectivity index (χ0) is 20.5. The van der Waals surface area contributed by atoms with Gasteiger partial charge in [-0.15, -0.1) is 11.8 Å². The van der Waals surface area contributed by atoms with E-state index in [9.17, 15) is 9.59 Å². The van der Waals surface area contributed by atoms with E-state index in [4.69, 9.17) is 0 Å². The summed E-state index contributed by atoms with van der Waals surface area (Å²) in [6.07, 6.45) is 1.22. The van der Waals surface area contributed by atoms with Crippen molar-refractivity contribution in [2.45, 2.75) is 30.4 Å². The minimum absolute atomic E-state index is 0.0620. The summed E-state index contributed by atoms with van der Waals surface area (Å²) in [5, 5.41) is 5.82. The molecular weight excluding hydrogens is 380 g/mol. The van der Waals surface area contributed by atoms with Gasteiger partial charge in [-0.1, -0.05) is 61.5 Å². The number of para-hydroxylation sites is 2. The fraction of sp³-hybridized carbons (Fsp3) is 0.167. The van der Waals surface area contributed by atoms with E-state index < -0.39 is 0 Å².